The summed E-state index contributed by atoms with van der Waals surface area (Å²) in [7, 11) is 1.73. The van der Waals surface area contributed by atoms with Crippen LogP contribution in [0.3, 0.4) is 0 Å². The summed E-state index contributed by atoms with van der Waals surface area (Å²) in [4.78, 5) is 25.3. The molecule has 0 spiro atoms. The number of pyridine rings is 1. The molecule has 1 amide bonds. The molecule has 172 valence electrons. The van der Waals surface area contributed by atoms with Crippen molar-refractivity contribution in [2.24, 2.45) is 7.05 Å². The van der Waals surface area contributed by atoms with E-state index in [0.717, 1.165) is 35.1 Å². The molecule has 1 aromatic heterocycles. The third-order valence-corrected chi connectivity index (χ3v) is 6.11. The second-order valence-electron chi connectivity index (χ2n) is 8.70. The number of nitrogens with zero attached hydrogens (tertiary/aromatic N) is 2. The van der Waals surface area contributed by atoms with Gasteiger partial charge in [0.1, 0.15) is 0 Å². The molecule has 0 unspecified atom stereocenters. The van der Waals surface area contributed by atoms with Gasteiger partial charge >= 0.3 is 6.09 Å². The van der Waals surface area contributed by atoms with Gasteiger partial charge in [-0.05, 0) is 60.9 Å². The zero-order chi connectivity index (χ0) is 24.0. The van der Waals surface area contributed by atoms with Crippen LogP contribution in [0.1, 0.15) is 49.8 Å². The fourth-order valence-electron chi connectivity index (χ4n) is 4.18. The first-order valence-corrected chi connectivity index (χ1v) is 11.2. The van der Waals surface area contributed by atoms with Crippen LogP contribution >= 0.6 is 0 Å². The summed E-state index contributed by atoms with van der Waals surface area (Å²) in [5.74, 6) is 0.227. The Balaban J connectivity index is 1.75. The third kappa shape index (κ3) is 6.22. The molecule has 0 aliphatic rings. The monoisotopic (exact) mass is 444 g/mol. The quantitative estimate of drug-likeness (QED) is 0.398. The standard InChI is InChI=1S/C28H32N2O3/c1-20(2)18-25(23-8-6-5-7-9-23)16-17-30(28(32)33)21(3)22-10-12-24(13-11-22)26-14-15-27(31)29(4)19-26/h5-15,19,21,25H,1,16-18H2,2-4H3,(H,32,33)/t21-,25+/m0/s1. The Labute approximate surface area is 195 Å². The molecule has 3 rings (SSSR count). The van der Waals surface area contributed by atoms with Crippen LogP contribution in [0.15, 0.2) is 89.9 Å². The number of carbonyl (C=O) groups is 1. The zero-order valence-electron chi connectivity index (χ0n) is 19.6. The summed E-state index contributed by atoms with van der Waals surface area (Å²) in [5.41, 5.74) is 5.10. The third-order valence-electron chi connectivity index (χ3n) is 6.11. The van der Waals surface area contributed by atoms with Crippen molar-refractivity contribution in [3.05, 3.63) is 107 Å². The number of hydrogen-bond donors (Lipinski definition) is 1. The van der Waals surface area contributed by atoms with E-state index in [4.69, 9.17) is 0 Å². The van der Waals surface area contributed by atoms with E-state index >= 15 is 0 Å². The molecule has 0 radical (unpaired) electrons. The van der Waals surface area contributed by atoms with E-state index in [9.17, 15) is 14.7 Å². The highest BCUT2D eigenvalue weighted by molar-refractivity contribution is 5.66. The number of amides is 1. The Bertz CT molecular complexity index is 1150. The summed E-state index contributed by atoms with van der Waals surface area (Å²) < 4.78 is 1.55. The summed E-state index contributed by atoms with van der Waals surface area (Å²) in [6.45, 7) is 8.43. The van der Waals surface area contributed by atoms with Gasteiger partial charge in [0.2, 0.25) is 5.56 Å². The lowest BCUT2D eigenvalue weighted by Gasteiger charge is -2.29. The molecule has 33 heavy (non-hydrogen) atoms. The summed E-state index contributed by atoms with van der Waals surface area (Å²) in [5, 5.41) is 9.94. The van der Waals surface area contributed by atoms with E-state index in [1.165, 1.54) is 10.5 Å². The van der Waals surface area contributed by atoms with Gasteiger partial charge in [-0.15, -0.1) is 6.58 Å². The molecular weight excluding hydrogens is 412 g/mol. The second kappa shape index (κ2) is 10.8. The SMILES string of the molecule is C=C(C)C[C@@H](CCN(C(=O)O)[C@@H](C)c1ccc(-c2ccc(=O)n(C)c2)cc1)c1ccccc1. The molecule has 2 atom stereocenters. The predicted octanol–water partition coefficient (Wildman–Crippen LogP) is 6.23. The van der Waals surface area contributed by atoms with Crippen molar-refractivity contribution in [3.63, 3.8) is 0 Å². The maximum Gasteiger partial charge on any atom is 0.407 e. The van der Waals surface area contributed by atoms with Crippen molar-refractivity contribution in [1.82, 2.24) is 9.47 Å². The van der Waals surface area contributed by atoms with Crippen LogP contribution in [-0.2, 0) is 7.05 Å². The molecule has 0 fully saturated rings. The second-order valence-corrected chi connectivity index (χ2v) is 8.70. The first-order chi connectivity index (χ1) is 15.8. The Morgan fingerprint density at radius 2 is 1.64 bits per heavy atom. The summed E-state index contributed by atoms with van der Waals surface area (Å²) in [6.07, 6.45) is 2.44. The fraction of sp³-hybridized carbons (Fsp3) is 0.286. The number of aromatic nitrogens is 1. The lowest BCUT2D eigenvalue weighted by molar-refractivity contribution is 0.126. The van der Waals surface area contributed by atoms with Gasteiger partial charge in [0.15, 0.2) is 0 Å². The average Bonchev–Trinajstić information content (AvgIpc) is 2.80. The minimum Gasteiger partial charge on any atom is -0.465 e. The number of aryl methyl sites for hydroxylation is 1. The number of rotatable bonds is 9. The maximum absolute atomic E-state index is 12.1. The molecule has 3 aromatic rings. The van der Waals surface area contributed by atoms with Crippen LogP contribution in [0.2, 0.25) is 0 Å². The molecular formula is C28H32N2O3. The highest BCUT2D eigenvalue weighted by Crippen LogP contribution is 2.29. The van der Waals surface area contributed by atoms with Crippen LogP contribution < -0.4 is 5.56 Å². The highest BCUT2D eigenvalue weighted by Gasteiger charge is 2.23. The molecule has 0 saturated heterocycles. The molecule has 0 saturated carbocycles. The van der Waals surface area contributed by atoms with Crippen LogP contribution in [-0.4, -0.2) is 27.2 Å². The van der Waals surface area contributed by atoms with Crippen molar-refractivity contribution >= 4 is 6.09 Å². The van der Waals surface area contributed by atoms with Gasteiger partial charge in [-0.25, -0.2) is 4.79 Å². The van der Waals surface area contributed by atoms with E-state index in [0.29, 0.717) is 6.54 Å². The van der Waals surface area contributed by atoms with Crippen molar-refractivity contribution < 1.29 is 9.90 Å². The maximum atomic E-state index is 12.1. The van der Waals surface area contributed by atoms with E-state index in [-0.39, 0.29) is 17.5 Å². The van der Waals surface area contributed by atoms with Gasteiger partial charge in [-0.3, -0.25) is 4.79 Å². The molecule has 0 aliphatic heterocycles. The van der Waals surface area contributed by atoms with Crippen LogP contribution in [0.4, 0.5) is 4.79 Å². The van der Waals surface area contributed by atoms with Gasteiger partial charge in [0, 0.05) is 25.9 Å². The number of carboxylic acid groups (broad SMARTS) is 1. The Kier molecular flexibility index (Phi) is 7.88. The highest BCUT2D eigenvalue weighted by atomic mass is 16.4. The Morgan fingerprint density at radius 3 is 2.21 bits per heavy atom. The van der Waals surface area contributed by atoms with Gasteiger partial charge < -0.3 is 14.6 Å². The van der Waals surface area contributed by atoms with E-state index < -0.39 is 6.09 Å². The van der Waals surface area contributed by atoms with Crippen LogP contribution in [0, 0.1) is 0 Å². The molecule has 1 N–H and O–H groups in total. The summed E-state index contributed by atoms with van der Waals surface area (Å²) >= 11 is 0. The van der Waals surface area contributed by atoms with Crippen LogP contribution in [0.25, 0.3) is 11.1 Å². The normalized spacial score (nSPS) is 12.7. The van der Waals surface area contributed by atoms with Gasteiger partial charge in [-0.1, -0.05) is 60.2 Å². The molecule has 0 aliphatic carbocycles. The van der Waals surface area contributed by atoms with Crippen molar-refractivity contribution in [1.29, 1.82) is 0 Å². The van der Waals surface area contributed by atoms with Crippen LogP contribution in [0.5, 0.6) is 0 Å². The fourth-order valence-corrected chi connectivity index (χ4v) is 4.18. The Morgan fingerprint density at radius 1 is 1.00 bits per heavy atom. The molecule has 5 nitrogen and oxygen atoms in total. The molecule has 0 bridgehead atoms. The Hall–Kier alpha value is -3.60. The minimum atomic E-state index is -0.924. The first-order valence-electron chi connectivity index (χ1n) is 11.2. The van der Waals surface area contributed by atoms with Crippen molar-refractivity contribution in [2.45, 2.75) is 38.6 Å². The lowest BCUT2D eigenvalue weighted by Crippen LogP contribution is -2.34. The number of hydrogen-bond acceptors (Lipinski definition) is 2. The minimum absolute atomic E-state index is 0.0541. The van der Waals surface area contributed by atoms with Crippen molar-refractivity contribution in [2.75, 3.05) is 6.54 Å². The van der Waals surface area contributed by atoms with E-state index in [1.807, 2.05) is 56.3 Å². The van der Waals surface area contributed by atoms with Gasteiger partial charge in [0.05, 0.1) is 6.04 Å². The predicted molar refractivity (Wildman–Crippen MR) is 133 cm³/mol. The number of benzene rings is 2. The van der Waals surface area contributed by atoms with Gasteiger partial charge in [-0.2, -0.15) is 0 Å². The van der Waals surface area contributed by atoms with Gasteiger partial charge in [0.25, 0.3) is 0 Å². The molecule has 1 heterocycles. The van der Waals surface area contributed by atoms with E-state index in [1.54, 1.807) is 29.9 Å². The zero-order valence-corrected chi connectivity index (χ0v) is 19.6. The number of allylic oxidation sites excluding steroid dienone is 1. The summed E-state index contributed by atoms with van der Waals surface area (Å²) in [6, 6.07) is 21.2. The largest absolute Gasteiger partial charge is 0.465 e. The molecule has 5 heteroatoms. The average molecular weight is 445 g/mol. The lowest BCUT2D eigenvalue weighted by atomic mass is 9.89. The topological polar surface area (TPSA) is 62.5 Å². The van der Waals surface area contributed by atoms with E-state index in [2.05, 4.69) is 18.7 Å². The van der Waals surface area contributed by atoms with Crippen molar-refractivity contribution in [3.8, 4) is 11.1 Å². The first kappa shape index (κ1) is 24.1. The molecule has 2 aromatic carbocycles. The smallest absolute Gasteiger partial charge is 0.407 e.